The van der Waals surface area contributed by atoms with Crippen LogP contribution < -0.4 is 10.6 Å². The average Bonchev–Trinajstić information content (AvgIpc) is 2.64. The van der Waals surface area contributed by atoms with E-state index in [0.717, 1.165) is 18.7 Å². The standard InChI is InChI=1S/C12H16N4O3/c13-12(17)15-7-1-6-14(8-9-15)10-2-4-11(5-3-10)16(18)19/h2-5H,1,6-9H2,(H2,13,17). The van der Waals surface area contributed by atoms with Crippen LogP contribution in [0.4, 0.5) is 16.2 Å². The lowest BCUT2D eigenvalue weighted by molar-refractivity contribution is -0.384. The molecule has 1 heterocycles. The van der Waals surface area contributed by atoms with E-state index < -0.39 is 11.0 Å². The van der Waals surface area contributed by atoms with Crippen molar-refractivity contribution in [2.75, 3.05) is 31.1 Å². The number of nitro benzene ring substituents is 1. The number of carbonyl (C=O) groups excluding carboxylic acids is 1. The van der Waals surface area contributed by atoms with E-state index in [1.807, 2.05) is 0 Å². The van der Waals surface area contributed by atoms with Gasteiger partial charge in [-0.3, -0.25) is 10.1 Å². The molecule has 0 spiro atoms. The van der Waals surface area contributed by atoms with Crippen molar-refractivity contribution < 1.29 is 9.72 Å². The summed E-state index contributed by atoms with van der Waals surface area (Å²) in [7, 11) is 0. The van der Waals surface area contributed by atoms with Crippen LogP contribution in [0.25, 0.3) is 0 Å². The van der Waals surface area contributed by atoms with Gasteiger partial charge in [-0.1, -0.05) is 0 Å². The number of hydrogen-bond donors (Lipinski definition) is 1. The van der Waals surface area contributed by atoms with Gasteiger partial charge in [0.05, 0.1) is 4.92 Å². The van der Waals surface area contributed by atoms with Crippen molar-refractivity contribution in [2.45, 2.75) is 6.42 Å². The number of nitro groups is 1. The molecule has 1 aromatic rings. The smallest absolute Gasteiger partial charge is 0.314 e. The fourth-order valence-corrected chi connectivity index (χ4v) is 2.18. The third-order valence-corrected chi connectivity index (χ3v) is 3.23. The lowest BCUT2D eigenvalue weighted by Gasteiger charge is -2.22. The topological polar surface area (TPSA) is 92.7 Å². The van der Waals surface area contributed by atoms with Crippen LogP contribution in [-0.2, 0) is 0 Å². The van der Waals surface area contributed by atoms with Crippen LogP contribution in [0.15, 0.2) is 24.3 Å². The van der Waals surface area contributed by atoms with Gasteiger partial charge in [-0.05, 0) is 18.6 Å². The van der Waals surface area contributed by atoms with E-state index in [2.05, 4.69) is 4.90 Å². The lowest BCUT2D eigenvalue weighted by Crippen LogP contribution is -2.38. The van der Waals surface area contributed by atoms with Crippen molar-refractivity contribution >= 4 is 17.4 Å². The first-order valence-corrected chi connectivity index (χ1v) is 6.12. The minimum Gasteiger partial charge on any atom is -0.370 e. The second-order valence-electron chi connectivity index (χ2n) is 4.44. The van der Waals surface area contributed by atoms with Gasteiger partial charge in [0.25, 0.3) is 5.69 Å². The molecule has 19 heavy (non-hydrogen) atoms. The number of nitrogens with two attached hydrogens (primary N) is 1. The third kappa shape index (κ3) is 3.12. The Morgan fingerprint density at radius 2 is 1.84 bits per heavy atom. The van der Waals surface area contributed by atoms with Crippen molar-refractivity contribution in [1.29, 1.82) is 0 Å². The molecule has 1 saturated heterocycles. The molecule has 2 N–H and O–H groups in total. The molecule has 0 aromatic heterocycles. The molecule has 1 aromatic carbocycles. The van der Waals surface area contributed by atoms with Crippen LogP contribution in [0.2, 0.25) is 0 Å². The zero-order valence-electron chi connectivity index (χ0n) is 10.5. The summed E-state index contributed by atoms with van der Waals surface area (Å²) >= 11 is 0. The summed E-state index contributed by atoms with van der Waals surface area (Å²) in [5.41, 5.74) is 6.28. The van der Waals surface area contributed by atoms with Crippen LogP contribution in [0.5, 0.6) is 0 Å². The largest absolute Gasteiger partial charge is 0.370 e. The number of benzene rings is 1. The number of non-ortho nitro benzene ring substituents is 1. The molecule has 102 valence electrons. The molecule has 1 fully saturated rings. The van der Waals surface area contributed by atoms with E-state index in [-0.39, 0.29) is 5.69 Å². The number of rotatable bonds is 2. The predicted octanol–water partition coefficient (Wildman–Crippen LogP) is 1.19. The van der Waals surface area contributed by atoms with E-state index in [1.165, 1.54) is 12.1 Å². The Hall–Kier alpha value is -2.31. The van der Waals surface area contributed by atoms with Gasteiger partial charge < -0.3 is 15.5 Å². The van der Waals surface area contributed by atoms with E-state index in [4.69, 9.17) is 5.73 Å². The molecule has 0 unspecified atom stereocenters. The zero-order chi connectivity index (χ0) is 13.8. The molecule has 0 bridgehead atoms. The summed E-state index contributed by atoms with van der Waals surface area (Å²) in [6.45, 7) is 2.72. The molecule has 0 atom stereocenters. The second-order valence-corrected chi connectivity index (χ2v) is 4.44. The Bertz CT molecular complexity index is 474. The van der Waals surface area contributed by atoms with Gasteiger partial charge in [0.15, 0.2) is 0 Å². The molecule has 0 saturated carbocycles. The molecule has 1 aliphatic heterocycles. The fourth-order valence-electron chi connectivity index (χ4n) is 2.18. The van der Waals surface area contributed by atoms with Gasteiger partial charge in [0.1, 0.15) is 0 Å². The van der Waals surface area contributed by atoms with Gasteiger partial charge in [-0.25, -0.2) is 4.79 Å². The first-order valence-electron chi connectivity index (χ1n) is 6.12. The average molecular weight is 264 g/mol. The number of hydrogen-bond acceptors (Lipinski definition) is 4. The van der Waals surface area contributed by atoms with E-state index in [1.54, 1.807) is 17.0 Å². The van der Waals surface area contributed by atoms with E-state index in [0.29, 0.717) is 19.6 Å². The van der Waals surface area contributed by atoms with Crippen LogP contribution >= 0.6 is 0 Å². The minimum absolute atomic E-state index is 0.0809. The minimum atomic E-state index is -0.416. The van der Waals surface area contributed by atoms with Gasteiger partial charge in [0.2, 0.25) is 0 Å². The maximum atomic E-state index is 11.1. The number of carbonyl (C=O) groups is 1. The number of anilines is 1. The maximum Gasteiger partial charge on any atom is 0.314 e. The highest BCUT2D eigenvalue weighted by Gasteiger charge is 2.17. The zero-order valence-corrected chi connectivity index (χ0v) is 10.5. The summed E-state index contributed by atoms with van der Waals surface area (Å²) in [5.74, 6) is 0. The number of urea groups is 1. The van der Waals surface area contributed by atoms with Gasteiger partial charge in [-0.2, -0.15) is 0 Å². The Morgan fingerprint density at radius 3 is 2.42 bits per heavy atom. The van der Waals surface area contributed by atoms with Crippen LogP contribution in [0.1, 0.15) is 6.42 Å². The van der Waals surface area contributed by atoms with Gasteiger partial charge in [0, 0.05) is 44.0 Å². The SMILES string of the molecule is NC(=O)N1CCCN(c2ccc([N+](=O)[O-])cc2)CC1. The summed E-state index contributed by atoms with van der Waals surface area (Å²) in [5, 5.41) is 10.6. The Labute approximate surface area is 110 Å². The van der Waals surface area contributed by atoms with Crippen molar-refractivity contribution in [3.8, 4) is 0 Å². The molecule has 2 amide bonds. The normalized spacial score (nSPS) is 16.0. The Balaban J connectivity index is 2.05. The van der Waals surface area contributed by atoms with Crippen LogP contribution in [0.3, 0.4) is 0 Å². The fraction of sp³-hybridized carbons (Fsp3) is 0.417. The number of primary amides is 1. The molecule has 0 aliphatic carbocycles. The molecule has 1 aliphatic rings. The Morgan fingerprint density at radius 1 is 1.16 bits per heavy atom. The summed E-state index contributed by atoms with van der Waals surface area (Å²) in [4.78, 5) is 25.0. The lowest BCUT2D eigenvalue weighted by atomic mass is 10.2. The van der Waals surface area contributed by atoms with E-state index >= 15 is 0 Å². The molecule has 7 nitrogen and oxygen atoms in total. The quantitative estimate of drug-likeness (QED) is 0.641. The van der Waals surface area contributed by atoms with Crippen molar-refractivity contribution in [3.63, 3.8) is 0 Å². The van der Waals surface area contributed by atoms with E-state index in [9.17, 15) is 14.9 Å². The summed E-state index contributed by atoms with van der Waals surface area (Å²) < 4.78 is 0. The molecular formula is C12H16N4O3. The first-order chi connectivity index (χ1) is 9.08. The van der Waals surface area contributed by atoms with Crippen molar-refractivity contribution in [1.82, 2.24) is 4.90 Å². The highest BCUT2D eigenvalue weighted by molar-refractivity contribution is 5.72. The summed E-state index contributed by atoms with van der Waals surface area (Å²) in [6, 6.07) is 6.06. The van der Waals surface area contributed by atoms with Crippen molar-refractivity contribution in [3.05, 3.63) is 34.4 Å². The molecule has 2 rings (SSSR count). The third-order valence-electron chi connectivity index (χ3n) is 3.23. The molecular weight excluding hydrogens is 248 g/mol. The Kier molecular flexibility index (Phi) is 3.84. The molecule has 7 heteroatoms. The summed E-state index contributed by atoms with van der Waals surface area (Å²) in [6.07, 6.45) is 0.833. The maximum absolute atomic E-state index is 11.1. The monoisotopic (exact) mass is 264 g/mol. The van der Waals surface area contributed by atoms with Gasteiger partial charge in [-0.15, -0.1) is 0 Å². The number of amides is 2. The van der Waals surface area contributed by atoms with Gasteiger partial charge >= 0.3 is 6.03 Å². The van der Waals surface area contributed by atoms with Crippen molar-refractivity contribution in [2.24, 2.45) is 5.73 Å². The highest BCUT2D eigenvalue weighted by Crippen LogP contribution is 2.20. The molecule has 0 radical (unpaired) electrons. The predicted molar refractivity (Wildman–Crippen MR) is 71.1 cm³/mol. The first kappa shape index (κ1) is 13.1. The number of nitrogens with zero attached hydrogens (tertiary/aromatic N) is 3. The highest BCUT2D eigenvalue weighted by atomic mass is 16.6. The van der Waals surface area contributed by atoms with Crippen LogP contribution in [0, 0.1) is 10.1 Å². The van der Waals surface area contributed by atoms with Crippen LogP contribution in [-0.4, -0.2) is 42.0 Å². The second kappa shape index (κ2) is 5.55.